The third-order valence-electron chi connectivity index (χ3n) is 2.38. The molecule has 82 valence electrons. The fourth-order valence-electron chi connectivity index (χ4n) is 1.49. The van der Waals surface area contributed by atoms with Gasteiger partial charge in [0.15, 0.2) is 0 Å². The molecule has 0 amide bonds. The van der Waals surface area contributed by atoms with E-state index in [4.69, 9.17) is 4.74 Å². The Kier molecular flexibility index (Phi) is 2.72. The van der Waals surface area contributed by atoms with Gasteiger partial charge in [0.05, 0.1) is 7.11 Å². The van der Waals surface area contributed by atoms with E-state index in [2.05, 4.69) is 4.98 Å². The lowest BCUT2D eigenvalue weighted by atomic mass is 10.1. The van der Waals surface area contributed by atoms with Gasteiger partial charge in [-0.3, -0.25) is 0 Å². The van der Waals surface area contributed by atoms with Crippen LogP contribution in [0.5, 0.6) is 5.88 Å². The van der Waals surface area contributed by atoms with E-state index in [1.807, 2.05) is 30.3 Å². The average molecular weight is 216 g/mol. The summed E-state index contributed by atoms with van der Waals surface area (Å²) < 4.78 is 5.75. The van der Waals surface area contributed by atoms with Gasteiger partial charge in [-0.15, -0.1) is 0 Å². The van der Waals surface area contributed by atoms with Gasteiger partial charge in [0, 0.05) is 12.5 Å². The van der Waals surface area contributed by atoms with Crippen LogP contribution in [0.4, 0.5) is 0 Å². The maximum atomic E-state index is 11.6. The largest absolute Gasteiger partial charge is 0.618 e. The van der Waals surface area contributed by atoms with E-state index in [1.165, 1.54) is 13.3 Å². The van der Waals surface area contributed by atoms with Crippen molar-refractivity contribution in [3.05, 3.63) is 47.4 Å². The monoisotopic (exact) mass is 216 g/mol. The molecule has 0 aliphatic carbocycles. The van der Waals surface area contributed by atoms with Crippen molar-refractivity contribution in [2.75, 3.05) is 7.11 Å². The summed E-state index contributed by atoms with van der Waals surface area (Å²) in [7, 11) is 1.49. The van der Waals surface area contributed by atoms with E-state index in [0.717, 1.165) is 10.3 Å². The smallest absolute Gasteiger partial charge is 0.281 e. The lowest BCUT2D eigenvalue weighted by Crippen LogP contribution is -2.31. The normalized spacial score (nSPS) is 10.1. The van der Waals surface area contributed by atoms with Crippen molar-refractivity contribution in [2.45, 2.75) is 6.92 Å². The van der Waals surface area contributed by atoms with Crippen LogP contribution in [0.1, 0.15) is 5.69 Å². The first kappa shape index (κ1) is 10.4. The third-order valence-corrected chi connectivity index (χ3v) is 2.38. The molecule has 2 rings (SSSR count). The first-order valence-corrected chi connectivity index (χ1v) is 4.92. The number of aromatic nitrogens is 2. The Bertz CT molecular complexity index is 498. The quantitative estimate of drug-likeness (QED) is 0.567. The summed E-state index contributed by atoms with van der Waals surface area (Å²) in [5.41, 5.74) is 2.12. The van der Waals surface area contributed by atoms with E-state index in [9.17, 15) is 5.21 Å². The van der Waals surface area contributed by atoms with Gasteiger partial charge in [-0.25, -0.2) is 4.98 Å². The van der Waals surface area contributed by atoms with E-state index in [0.29, 0.717) is 17.3 Å². The van der Waals surface area contributed by atoms with Gasteiger partial charge < -0.3 is 9.94 Å². The van der Waals surface area contributed by atoms with Crippen molar-refractivity contribution < 1.29 is 9.47 Å². The molecule has 0 atom stereocenters. The molecular weight excluding hydrogens is 204 g/mol. The van der Waals surface area contributed by atoms with Crippen molar-refractivity contribution in [3.63, 3.8) is 0 Å². The average Bonchev–Trinajstić information content (AvgIpc) is 2.33. The minimum Gasteiger partial charge on any atom is -0.618 e. The van der Waals surface area contributed by atoms with Gasteiger partial charge in [0.1, 0.15) is 5.69 Å². The number of ether oxygens (including phenoxy) is 1. The fourth-order valence-corrected chi connectivity index (χ4v) is 1.49. The second-order valence-corrected chi connectivity index (χ2v) is 3.41. The molecule has 0 radical (unpaired) electrons. The van der Waals surface area contributed by atoms with Crippen molar-refractivity contribution in [1.82, 2.24) is 4.98 Å². The van der Waals surface area contributed by atoms with Gasteiger partial charge in [-0.05, 0) is 0 Å². The van der Waals surface area contributed by atoms with Crippen LogP contribution < -0.4 is 9.47 Å². The van der Waals surface area contributed by atoms with Gasteiger partial charge in [0.2, 0.25) is 11.9 Å². The standard InChI is InChI=1S/C12H12N2O2/c1-9-12(10-6-4-3-5-7-10)13-11(16-2)8-14(9)15/h3-8H,1-2H3. The maximum Gasteiger partial charge on any atom is 0.281 e. The minimum atomic E-state index is 0.319. The molecule has 16 heavy (non-hydrogen) atoms. The van der Waals surface area contributed by atoms with Crippen LogP contribution >= 0.6 is 0 Å². The highest BCUT2D eigenvalue weighted by Crippen LogP contribution is 2.20. The Morgan fingerprint density at radius 2 is 1.94 bits per heavy atom. The number of hydrogen-bond acceptors (Lipinski definition) is 3. The van der Waals surface area contributed by atoms with Gasteiger partial charge in [-0.2, -0.15) is 4.73 Å². The van der Waals surface area contributed by atoms with Crippen LogP contribution in [0.25, 0.3) is 11.3 Å². The van der Waals surface area contributed by atoms with Crippen LogP contribution in [0.15, 0.2) is 36.5 Å². The highest BCUT2D eigenvalue weighted by molar-refractivity contribution is 5.60. The zero-order chi connectivity index (χ0) is 11.5. The highest BCUT2D eigenvalue weighted by Gasteiger charge is 2.14. The maximum absolute atomic E-state index is 11.6. The molecule has 0 saturated carbocycles. The number of benzene rings is 1. The number of methoxy groups -OCH3 is 1. The zero-order valence-corrected chi connectivity index (χ0v) is 9.18. The molecule has 0 aliphatic rings. The minimum absolute atomic E-state index is 0.319. The van der Waals surface area contributed by atoms with Crippen LogP contribution in [0.2, 0.25) is 0 Å². The molecule has 0 N–H and O–H groups in total. The molecule has 2 aromatic rings. The molecule has 0 fully saturated rings. The number of nitrogens with zero attached hydrogens (tertiary/aromatic N) is 2. The first-order valence-electron chi connectivity index (χ1n) is 4.92. The second-order valence-electron chi connectivity index (χ2n) is 3.41. The summed E-state index contributed by atoms with van der Waals surface area (Å²) >= 11 is 0. The molecule has 1 aromatic carbocycles. The Balaban J connectivity index is 2.60. The second kappa shape index (κ2) is 4.18. The first-order chi connectivity index (χ1) is 7.72. The Labute approximate surface area is 93.7 Å². The van der Waals surface area contributed by atoms with Gasteiger partial charge in [-0.1, -0.05) is 30.3 Å². The zero-order valence-electron chi connectivity index (χ0n) is 9.18. The topological polar surface area (TPSA) is 49.1 Å². The van der Waals surface area contributed by atoms with Gasteiger partial charge in [0.25, 0.3) is 5.88 Å². The highest BCUT2D eigenvalue weighted by atomic mass is 16.5. The van der Waals surface area contributed by atoms with Crippen LogP contribution in [0.3, 0.4) is 0 Å². The molecule has 0 unspecified atom stereocenters. The Morgan fingerprint density at radius 1 is 1.25 bits per heavy atom. The van der Waals surface area contributed by atoms with Crippen molar-refractivity contribution >= 4 is 0 Å². The predicted molar refractivity (Wildman–Crippen MR) is 59.9 cm³/mol. The number of hydrogen-bond donors (Lipinski definition) is 0. The molecule has 0 bridgehead atoms. The van der Waals surface area contributed by atoms with Gasteiger partial charge >= 0.3 is 0 Å². The lowest BCUT2D eigenvalue weighted by molar-refractivity contribution is -0.612. The summed E-state index contributed by atoms with van der Waals surface area (Å²) in [5, 5.41) is 11.6. The summed E-state index contributed by atoms with van der Waals surface area (Å²) in [6, 6.07) is 9.56. The van der Waals surface area contributed by atoms with Crippen molar-refractivity contribution in [2.24, 2.45) is 0 Å². The summed E-state index contributed by atoms with van der Waals surface area (Å²) in [4.78, 5) is 4.28. The van der Waals surface area contributed by atoms with E-state index in [1.54, 1.807) is 6.92 Å². The summed E-state index contributed by atoms with van der Waals surface area (Å²) in [5.74, 6) is 0.319. The van der Waals surface area contributed by atoms with Crippen LogP contribution in [0, 0.1) is 12.1 Å². The molecule has 1 heterocycles. The molecule has 4 heteroatoms. The fraction of sp³-hybridized carbons (Fsp3) is 0.167. The Morgan fingerprint density at radius 3 is 2.56 bits per heavy atom. The third kappa shape index (κ3) is 1.82. The lowest BCUT2D eigenvalue weighted by Gasteiger charge is -2.07. The molecule has 1 aromatic heterocycles. The molecule has 0 aliphatic heterocycles. The number of rotatable bonds is 2. The summed E-state index contributed by atoms with van der Waals surface area (Å²) in [6.45, 7) is 1.74. The molecule has 0 spiro atoms. The molecule has 4 nitrogen and oxygen atoms in total. The molecule has 0 saturated heterocycles. The van der Waals surface area contributed by atoms with Crippen LogP contribution in [-0.2, 0) is 0 Å². The van der Waals surface area contributed by atoms with Crippen LogP contribution in [-0.4, -0.2) is 12.1 Å². The van der Waals surface area contributed by atoms with Crippen molar-refractivity contribution in [1.29, 1.82) is 0 Å². The Hall–Kier alpha value is -2.10. The summed E-state index contributed by atoms with van der Waals surface area (Å²) in [6.07, 6.45) is 1.32. The predicted octanol–water partition coefficient (Wildman–Crippen LogP) is 1.70. The van der Waals surface area contributed by atoms with E-state index >= 15 is 0 Å². The SMILES string of the molecule is COc1c[n+]([O-])c(C)c(-c2ccccc2)n1. The molecular formula is C12H12N2O2. The van der Waals surface area contributed by atoms with E-state index < -0.39 is 0 Å². The van der Waals surface area contributed by atoms with E-state index in [-0.39, 0.29) is 0 Å². The van der Waals surface area contributed by atoms with Crippen molar-refractivity contribution in [3.8, 4) is 17.1 Å².